The molecule has 1 aliphatic heterocycles. The van der Waals surface area contributed by atoms with Gasteiger partial charge in [0, 0.05) is 12.6 Å². The van der Waals surface area contributed by atoms with Gasteiger partial charge in [-0.15, -0.1) is 5.10 Å². The second-order valence-electron chi connectivity index (χ2n) is 3.93. The fourth-order valence-corrected chi connectivity index (χ4v) is 2.12. The second-order valence-corrected chi connectivity index (χ2v) is 3.93. The molecule has 2 N–H and O–H groups in total. The van der Waals surface area contributed by atoms with E-state index in [0.717, 1.165) is 13.0 Å². The lowest BCUT2D eigenvalue weighted by atomic mass is 10.0. The lowest BCUT2D eigenvalue weighted by molar-refractivity contribution is 0.400. The van der Waals surface area contributed by atoms with E-state index in [9.17, 15) is 0 Å². The Bertz CT molecular complexity index is 312. The average molecular weight is 210 g/mol. The Morgan fingerprint density at radius 2 is 2.33 bits per heavy atom. The molecule has 1 fully saturated rings. The zero-order valence-corrected chi connectivity index (χ0v) is 9.15. The van der Waals surface area contributed by atoms with E-state index in [4.69, 9.17) is 10.2 Å². The van der Waals surface area contributed by atoms with Gasteiger partial charge in [0.15, 0.2) is 0 Å². The fourth-order valence-electron chi connectivity index (χ4n) is 2.12. The van der Waals surface area contributed by atoms with Gasteiger partial charge in [-0.1, -0.05) is 12.0 Å². The minimum Gasteiger partial charge on any atom is -0.407 e. The standard InChI is InChI=1S/C10H18N4O/c1-2-8-5-3-4-6-14(8)10-13-12-9(7-11)15-10/h8H,2-7,11H2,1H3. The first-order valence-electron chi connectivity index (χ1n) is 5.64. The van der Waals surface area contributed by atoms with Gasteiger partial charge in [0.2, 0.25) is 5.89 Å². The largest absolute Gasteiger partial charge is 0.407 e. The van der Waals surface area contributed by atoms with Crippen molar-refractivity contribution in [1.82, 2.24) is 10.2 Å². The van der Waals surface area contributed by atoms with Crippen LogP contribution in [0.4, 0.5) is 6.01 Å². The third kappa shape index (κ3) is 2.12. The van der Waals surface area contributed by atoms with Crippen LogP contribution in [0.3, 0.4) is 0 Å². The van der Waals surface area contributed by atoms with E-state index in [1.165, 1.54) is 19.3 Å². The van der Waals surface area contributed by atoms with Crippen LogP contribution in [-0.2, 0) is 6.54 Å². The molecule has 0 bridgehead atoms. The predicted octanol–water partition coefficient (Wildman–Crippen LogP) is 1.30. The second kappa shape index (κ2) is 4.61. The Morgan fingerprint density at radius 3 is 3.00 bits per heavy atom. The molecule has 0 saturated carbocycles. The number of hydrogen-bond donors (Lipinski definition) is 1. The molecule has 0 aromatic carbocycles. The molecule has 15 heavy (non-hydrogen) atoms. The van der Waals surface area contributed by atoms with E-state index in [-0.39, 0.29) is 0 Å². The minimum absolute atomic E-state index is 0.317. The van der Waals surface area contributed by atoms with Gasteiger partial charge < -0.3 is 15.1 Å². The maximum atomic E-state index is 5.48. The van der Waals surface area contributed by atoms with Crippen molar-refractivity contribution in [2.75, 3.05) is 11.4 Å². The van der Waals surface area contributed by atoms with Crippen molar-refractivity contribution < 1.29 is 4.42 Å². The molecule has 1 saturated heterocycles. The number of hydrogen-bond acceptors (Lipinski definition) is 5. The molecule has 1 aromatic rings. The Balaban J connectivity index is 2.12. The molecule has 1 atom stereocenters. The first-order chi connectivity index (χ1) is 7.35. The van der Waals surface area contributed by atoms with Crippen LogP contribution in [0.1, 0.15) is 38.5 Å². The Hall–Kier alpha value is -1.10. The van der Waals surface area contributed by atoms with Crippen LogP contribution in [-0.4, -0.2) is 22.8 Å². The molecule has 5 heteroatoms. The van der Waals surface area contributed by atoms with E-state index in [0.29, 0.717) is 24.5 Å². The normalized spacial score (nSPS) is 22.0. The molecule has 1 unspecified atom stereocenters. The third-order valence-electron chi connectivity index (χ3n) is 2.97. The number of aromatic nitrogens is 2. The number of nitrogens with two attached hydrogens (primary N) is 1. The maximum Gasteiger partial charge on any atom is 0.318 e. The summed E-state index contributed by atoms with van der Waals surface area (Å²) in [4.78, 5) is 2.22. The van der Waals surface area contributed by atoms with Crippen LogP contribution in [0.5, 0.6) is 0 Å². The SMILES string of the molecule is CCC1CCCCN1c1nnc(CN)o1. The molecular formula is C10H18N4O. The van der Waals surface area contributed by atoms with Crippen molar-refractivity contribution in [1.29, 1.82) is 0 Å². The highest BCUT2D eigenvalue weighted by atomic mass is 16.4. The topological polar surface area (TPSA) is 68.2 Å². The summed E-state index contributed by atoms with van der Waals surface area (Å²) in [5.74, 6) is 0.519. The zero-order valence-electron chi connectivity index (χ0n) is 9.15. The smallest absolute Gasteiger partial charge is 0.318 e. The molecule has 2 heterocycles. The van der Waals surface area contributed by atoms with Gasteiger partial charge in [-0.3, -0.25) is 0 Å². The quantitative estimate of drug-likeness (QED) is 0.814. The van der Waals surface area contributed by atoms with Crippen LogP contribution in [0, 0.1) is 0 Å². The van der Waals surface area contributed by atoms with Gasteiger partial charge in [-0.05, 0) is 25.7 Å². The Labute approximate surface area is 89.6 Å². The first kappa shape index (κ1) is 10.4. The Morgan fingerprint density at radius 1 is 1.47 bits per heavy atom. The zero-order chi connectivity index (χ0) is 10.7. The molecule has 0 amide bonds. The number of rotatable bonds is 3. The van der Waals surface area contributed by atoms with Crippen molar-refractivity contribution in [3.05, 3.63) is 5.89 Å². The lowest BCUT2D eigenvalue weighted by Gasteiger charge is -2.33. The van der Waals surface area contributed by atoms with E-state index in [1.54, 1.807) is 0 Å². The van der Waals surface area contributed by atoms with Crippen LogP contribution < -0.4 is 10.6 Å². The third-order valence-corrected chi connectivity index (χ3v) is 2.97. The summed E-state index contributed by atoms with van der Waals surface area (Å²) in [7, 11) is 0. The average Bonchev–Trinajstić information content (AvgIpc) is 2.77. The van der Waals surface area contributed by atoms with Gasteiger partial charge in [0.05, 0.1) is 6.54 Å². The predicted molar refractivity (Wildman–Crippen MR) is 57.5 cm³/mol. The summed E-state index contributed by atoms with van der Waals surface area (Å²) in [6, 6.07) is 1.19. The molecule has 1 aliphatic rings. The van der Waals surface area contributed by atoms with Gasteiger partial charge >= 0.3 is 6.01 Å². The van der Waals surface area contributed by atoms with E-state index in [1.807, 2.05) is 0 Å². The van der Waals surface area contributed by atoms with Crippen LogP contribution >= 0.6 is 0 Å². The van der Waals surface area contributed by atoms with Crippen molar-refractivity contribution in [3.63, 3.8) is 0 Å². The first-order valence-corrected chi connectivity index (χ1v) is 5.64. The highest BCUT2D eigenvalue weighted by Crippen LogP contribution is 2.25. The Kier molecular flexibility index (Phi) is 3.20. The van der Waals surface area contributed by atoms with Gasteiger partial charge in [0.1, 0.15) is 0 Å². The molecule has 1 aromatic heterocycles. The van der Waals surface area contributed by atoms with Crippen LogP contribution in [0.25, 0.3) is 0 Å². The summed E-state index contributed by atoms with van der Waals surface area (Å²) in [6.45, 7) is 3.53. The highest BCUT2D eigenvalue weighted by Gasteiger charge is 2.24. The van der Waals surface area contributed by atoms with Crippen molar-refractivity contribution in [2.24, 2.45) is 5.73 Å². The van der Waals surface area contributed by atoms with Crippen molar-refractivity contribution in [2.45, 2.75) is 45.2 Å². The summed E-state index contributed by atoms with van der Waals surface area (Å²) >= 11 is 0. The van der Waals surface area contributed by atoms with Gasteiger partial charge in [-0.2, -0.15) is 0 Å². The van der Waals surface area contributed by atoms with Gasteiger partial charge in [-0.25, -0.2) is 0 Å². The fraction of sp³-hybridized carbons (Fsp3) is 0.800. The lowest BCUT2D eigenvalue weighted by Crippen LogP contribution is -2.39. The highest BCUT2D eigenvalue weighted by molar-refractivity contribution is 5.27. The van der Waals surface area contributed by atoms with E-state index < -0.39 is 0 Å². The van der Waals surface area contributed by atoms with Crippen molar-refractivity contribution in [3.8, 4) is 0 Å². The summed E-state index contributed by atoms with van der Waals surface area (Å²) in [6.07, 6.45) is 4.85. The maximum absolute atomic E-state index is 5.48. The van der Waals surface area contributed by atoms with Crippen LogP contribution in [0.15, 0.2) is 4.42 Å². The molecule has 2 rings (SSSR count). The molecule has 0 aliphatic carbocycles. The molecular weight excluding hydrogens is 192 g/mol. The van der Waals surface area contributed by atoms with Crippen LogP contribution in [0.2, 0.25) is 0 Å². The summed E-state index contributed by atoms with van der Waals surface area (Å²) in [5.41, 5.74) is 5.45. The monoisotopic (exact) mass is 210 g/mol. The number of piperidine rings is 1. The molecule has 5 nitrogen and oxygen atoms in total. The molecule has 0 spiro atoms. The number of anilines is 1. The van der Waals surface area contributed by atoms with E-state index >= 15 is 0 Å². The molecule has 84 valence electrons. The summed E-state index contributed by atoms with van der Waals surface area (Å²) in [5, 5.41) is 7.93. The number of nitrogens with zero attached hydrogens (tertiary/aromatic N) is 3. The molecule has 0 radical (unpaired) electrons. The summed E-state index contributed by atoms with van der Waals surface area (Å²) < 4.78 is 5.48. The van der Waals surface area contributed by atoms with Gasteiger partial charge in [0.25, 0.3) is 0 Å². The minimum atomic E-state index is 0.317. The van der Waals surface area contributed by atoms with E-state index in [2.05, 4.69) is 22.0 Å². The van der Waals surface area contributed by atoms with Crippen molar-refractivity contribution >= 4 is 6.01 Å².